The number of nitrogens with zero attached hydrogens (tertiary/aromatic N) is 4. The van der Waals surface area contributed by atoms with E-state index < -0.39 is 15.9 Å². The SMILES string of the molecule is COc1cc(-c2ccc3c(c2NC(=O)N=S(N)(=O)c2cnn4c2O[C@H](C)C4)CC3)ccn1. The molecule has 166 valence electrons. The molecule has 3 N–H and O–H groups in total. The van der Waals surface area contributed by atoms with Gasteiger partial charge in [-0.15, -0.1) is 4.36 Å². The van der Waals surface area contributed by atoms with Crippen LogP contribution in [-0.4, -0.2) is 38.2 Å². The van der Waals surface area contributed by atoms with Gasteiger partial charge in [0.2, 0.25) is 11.8 Å². The number of hydrogen-bond donors (Lipinski definition) is 2. The molecule has 1 aromatic carbocycles. The van der Waals surface area contributed by atoms with Crippen molar-refractivity contribution in [3.63, 3.8) is 0 Å². The number of aryl methyl sites for hydroxylation is 1. The molecule has 32 heavy (non-hydrogen) atoms. The maximum atomic E-state index is 13.1. The fraction of sp³-hybridized carbons (Fsp3) is 0.286. The van der Waals surface area contributed by atoms with Gasteiger partial charge < -0.3 is 14.8 Å². The van der Waals surface area contributed by atoms with Crippen LogP contribution in [-0.2, 0) is 29.3 Å². The lowest BCUT2D eigenvalue weighted by Crippen LogP contribution is -2.20. The first kappa shape index (κ1) is 20.5. The van der Waals surface area contributed by atoms with Gasteiger partial charge in [-0.3, -0.25) is 0 Å². The van der Waals surface area contributed by atoms with E-state index in [1.54, 1.807) is 24.1 Å². The number of amides is 2. The van der Waals surface area contributed by atoms with Crippen LogP contribution in [0.15, 0.2) is 45.9 Å². The Morgan fingerprint density at radius 1 is 1.38 bits per heavy atom. The third-order valence-corrected chi connectivity index (χ3v) is 6.92. The van der Waals surface area contributed by atoms with Gasteiger partial charge in [0.15, 0.2) is 9.92 Å². The van der Waals surface area contributed by atoms with Crippen LogP contribution in [0, 0.1) is 0 Å². The van der Waals surface area contributed by atoms with Crippen molar-refractivity contribution in [3.05, 3.63) is 47.8 Å². The van der Waals surface area contributed by atoms with Crippen LogP contribution in [0.25, 0.3) is 11.1 Å². The fourth-order valence-electron chi connectivity index (χ4n) is 3.95. The lowest BCUT2D eigenvalue weighted by Gasteiger charge is -2.25. The monoisotopic (exact) mass is 454 g/mol. The van der Waals surface area contributed by atoms with Gasteiger partial charge in [0, 0.05) is 17.8 Å². The molecule has 0 saturated carbocycles. The number of aromatic nitrogens is 3. The average Bonchev–Trinajstić information content (AvgIpc) is 3.28. The second-order valence-corrected chi connectivity index (χ2v) is 9.49. The summed E-state index contributed by atoms with van der Waals surface area (Å²) in [5.41, 5.74) is 4.41. The molecule has 5 rings (SSSR count). The van der Waals surface area contributed by atoms with E-state index in [1.807, 2.05) is 25.1 Å². The van der Waals surface area contributed by atoms with E-state index in [2.05, 4.69) is 19.8 Å². The van der Waals surface area contributed by atoms with E-state index >= 15 is 0 Å². The second-order valence-electron chi connectivity index (χ2n) is 7.73. The highest BCUT2D eigenvalue weighted by Crippen LogP contribution is 2.39. The van der Waals surface area contributed by atoms with E-state index in [4.69, 9.17) is 14.6 Å². The summed E-state index contributed by atoms with van der Waals surface area (Å²) in [6.45, 7) is 2.38. The van der Waals surface area contributed by atoms with Gasteiger partial charge in [0.05, 0.1) is 25.5 Å². The first-order chi connectivity index (χ1) is 15.4. The molecule has 2 aliphatic rings. The minimum atomic E-state index is -3.55. The minimum Gasteiger partial charge on any atom is -0.481 e. The molecular weight excluding hydrogens is 432 g/mol. The van der Waals surface area contributed by atoms with Gasteiger partial charge in [0.25, 0.3) is 0 Å². The lowest BCUT2D eigenvalue weighted by atomic mass is 9.84. The molecule has 3 aromatic rings. The molecular formula is C21H22N6O4S. The van der Waals surface area contributed by atoms with Crippen LogP contribution < -0.4 is 19.9 Å². The molecule has 1 aliphatic heterocycles. The number of benzene rings is 1. The van der Waals surface area contributed by atoms with Crippen LogP contribution in [0.4, 0.5) is 10.5 Å². The van der Waals surface area contributed by atoms with Crippen LogP contribution in [0.5, 0.6) is 11.8 Å². The van der Waals surface area contributed by atoms with Gasteiger partial charge in [-0.05, 0) is 42.5 Å². The van der Waals surface area contributed by atoms with E-state index in [-0.39, 0.29) is 16.9 Å². The Hall–Kier alpha value is -3.44. The molecule has 3 heterocycles. The van der Waals surface area contributed by atoms with Crippen molar-refractivity contribution in [2.24, 2.45) is 9.50 Å². The normalized spacial score (nSPS) is 17.9. The smallest absolute Gasteiger partial charge is 0.354 e. The van der Waals surface area contributed by atoms with Crippen molar-refractivity contribution in [3.8, 4) is 22.9 Å². The van der Waals surface area contributed by atoms with E-state index in [1.165, 1.54) is 6.20 Å². The largest absolute Gasteiger partial charge is 0.481 e. The molecule has 0 radical (unpaired) electrons. The second kappa shape index (κ2) is 7.61. The standard InChI is InChI=1S/C21H22N6O4S/c1-12-11-27-20(31-12)17(10-24-27)32(22,29)26-21(28)25-19-15-5-3-13(15)4-6-16(19)14-7-8-23-18(9-14)30-2/h4,6-10,12H,3,5,11H2,1-2H3,(H3,22,25,26,28,29)/t12-,32?/m1/s1. The van der Waals surface area contributed by atoms with Crippen LogP contribution in [0.2, 0.25) is 0 Å². The zero-order chi connectivity index (χ0) is 22.5. The highest BCUT2D eigenvalue weighted by Gasteiger charge is 2.29. The Morgan fingerprint density at radius 2 is 2.22 bits per heavy atom. The molecule has 10 nitrogen and oxygen atoms in total. The average molecular weight is 455 g/mol. The highest BCUT2D eigenvalue weighted by molar-refractivity contribution is 7.91. The van der Waals surface area contributed by atoms with Crippen LogP contribution >= 0.6 is 0 Å². The first-order valence-electron chi connectivity index (χ1n) is 10.1. The van der Waals surface area contributed by atoms with Crippen molar-refractivity contribution in [2.75, 3.05) is 12.4 Å². The topological polar surface area (TPSA) is 134 Å². The summed E-state index contributed by atoms with van der Waals surface area (Å²) >= 11 is 0. The van der Waals surface area contributed by atoms with E-state index in [9.17, 15) is 9.00 Å². The summed E-state index contributed by atoms with van der Waals surface area (Å²) in [6.07, 6.45) is 4.61. The molecule has 0 saturated heterocycles. The van der Waals surface area contributed by atoms with Crippen molar-refractivity contribution in [1.82, 2.24) is 14.8 Å². The predicted octanol–water partition coefficient (Wildman–Crippen LogP) is 2.77. The maximum absolute atomic E-state index is 13.1. The Bertz CT molecular complexity index is 1360. The summed E-state index contributed by atoms with van der Waals surface area (Å²) in [5, 5.41) is 12.9. The zero-order valence-corrected chi connectivity index (χ0v) is 18.4. The lowest BCUT2D eigenvalue weighted by molar-refractivity contribution is 0.248. The summed E-state index contributed by atoms with van der Waals surface area (Å²) in [7, 11) is -2.01. The Balaban J connectivity index is 1.50. The molecule has 2 atom stereocenters. The highest BCUT2D eigenvalue weighted by atomic mass is 32.2. The first-order valence-corrected chi connectivity index (χ1v) is 11.7. The maximum Gasteiger partial charge on any atom is 0.354 e. The number of urea groups is 1. The quantitative estimate of drug-likeness (QED) is 0.623. The van der Waals surface area contributed by atoms with E-state index in [0.29, 0.717) is 18.1 Å². The number of fused-ring (bicyclic) bond motifs is 2. The molecule has 0 bridgehead atoms. The molecule has 2 aromatic heterocycles. The molecule has 2 amide bonds. The summed E-state index contributed by atoms with van der Waals surface area (Å²) in [5.74, 6) is 0.747. The number of methoxy groups -OCH3 is 1. The fourth-order valence-corrected chi connectivity index (χ4v) is 4.94. The Morgan fingerprint density at radius 3 is 2.97 bits per heavy atom. The van der Waals surface area contributed by atoms with Gasteiger partial charge >= 0.3 is 6.03 Å². The van der Waals surface area contributed by atoms with E-state index in [0.717, 1.165) is 35.1 Å². The van der Waals surface area contributed by atoms with Crippen molar-refractivity contribution < 1.29 is 18.5 Å². The number of carbonyl (C=O) groups is 1. The van der Waals surface area contributed by atoms with Crippen LogP contribution in [0.1, 0.15) is 18.1 Å². The van der Waals surface area contributed by atoms with Gasteiger partial charge in [-0.2, -0.15) is 5.10 Å². The van der Waals surface area contributed by atoms with Gasteiger partial charge in [-0.1, -0.05) is 12.1 Å². The van der Waals surface area contributed by atoms with Crippen LogP contribution in [0.3, 0.4) is 0 Å². The predicted molar refractivity (Wildman–Crippen MR) is 118 cm³/mol. The number of anilines is 1. The van der Waals surface area contributed by atoms with Gasteiger partial charge in [-0.25, -0.2) is 23.8 Å². The molecule has 0 spiro atoms. The summed E-state index contributed by atoms with van der Waals surface area (Å²) < 4.78 is 29.3. The third kappa shape index (κ3) is 3.49. The number of ether oxygens (including phenoxy) is 2. The minimum absolute atomic E-state index is 0.108. The molecule has 1 aliphatic carbocycles. The Labute approximate surface area is 185 Å². The third-order valence-electron chi connectivity index (χ3n) is 5.58. The number of carbonyl (C=O) groups excluding carboxylic acids is 1. The molecule has 1 unspecified atom stereocenters. The number of pyridine rings is 1. The Kier molecular flexibility index (Phi) is 4.86. The van der Waals surface area contributed by atoms with Crippen molar-refractivity contribution in [2.45, 2.75) is 37.3 Å². The summed E-state index contributed by atoms with van der Waals surface area (Å²) in [6, 6.07) is 6.78. The molecule has 11 heteroatoms. The molecule has 0 fully saturated rings. The number of nitrogens with one attached hydrogen (secondary N) is 1. The number of hydrogen-bond acceptors (Lipinski definition) is 6. The van der Waals surface area contributed by atoms with Crippen molar-refractivity contribution in [1.29, 1.82) is 0 Å². The van der Waals surface area contributed by atoms with Gasteiger partial charge in [0.1, 0.15) is 11.0 Å². The summed E-state index contributed by atoms with van der Waals surface area (Å²) in [4.78, 5) is 17.1. The zero-order valence-electron chi connectivity index (χ0n) is 17.6. The number of rotatable bonds is 4. The number of nitrogens with two attached hydrogens (primary N) is 1. The van der Waals surface area contributed by atoms with Crippen molar-refractivity contribution >= 4 is 21.6 Å².